The summed E-state index contributed by atoms with van der Waals surface area (Å²) in [5, 5.41) is 12.4. The maximum absolute atomic E-state index is 12.3. The Hall–Kier alpha value is -1.81. The molecule has 4 nitrogen and oxygen atoms in total. The molecule has 1 amide bonds. The molecule has 0 unspecified atom stereocenters. The van der Waals surface area contributed by atoms with E-state index in [9.17, 15) is 14.7 Å². The number of allylic oxidation sites excluding steroid dienone is 2. The summed E-state index contributed by atoms with van der Waals surface area (Å²) < 4.78 is 0. The Kier molecular flexibility index (Phi) is 4.45. The molecule has 0 spiro atoms. The molecule has 0 aromatic heterocycles. The lowest BCUT2D eigenvalue weighted by Crippen LogP contribution is -2.34. The Labute approximate surface area is 122 Å². The molecular weight excluding hydrogens is 278 g/mol. The van der Waals surface area contributed by atoms with Gasteiger partial charge in [-0.25, -0.2) is 0 Å². The topological polar surface area (TPSA) is 66.4 Å². The van der Waals surface area contributed by atoms with E-state index in [0.29, 0.717) is 23.6 Å². The van der Waals surface area contributed by atoms with E-state index < -0.39 is 17.8 Å². The van der Waals surface area contributed by atoms with E-state index in [-0.39, 0.29) is 5.91 Å². The highest BCUT2D eigenvalue weighted by atomic mass is 35.5. The number of hydrogen-bond acceptors (Lipinski definition) is 2. The molecule has 20 heavy (non-hydrogen) atoms. The Balaban J connectivity index is 2.14. The number of carboxylic acid groups (broad SMARTS) is 1. The third kappa shape index (κ3) is 3.20. The molecule has 2 atom stereocenters. The van der Waals surface area contributed by atoms with E-state index in [1.54, 1.807) is 18.2 Å². The third-order valence-corrected chi connectivity index (χ3v) is 3.78. The highest BCUT2D eigenvalue weighted by Crippen LogP contribution is 2.29. The van der Waals surface area contributed by atoms with Crippen molar-refractivity contribution in [3.8, 4) is 0 Å². The summed E-state index contributed by atoms with van der Waals surface area (Å²) in [6.45, 7) is 1.91. The Morgan fingerprint density at radius 3 is 2.50 bits per heavy atom. The van der Waals surface area contributed by atoms with Crippen molar-refractivity contribution in [3.05, 3.63) is 40.9 Å². The van der Waals surface area contributed by atoms with Crippen molar-refractivity contribution < 1.29 is 14.7 Å². The van der Waals surface area contributed by atoms with E-state index in [1.807, 2.05) is 19.1 Å². The van der Waals surface area contributed by atoms with Crippen molar-refractivity contribution >= 4 is 29.2 Å². The summed E-state index contributed by atoms with van der Waals surface area (Å²) in [5.74, 6) is -2.48. The van der Waals surface area contributed by atoms with E-state index in [2.05, 4.69) is 5.32 Å². The van der Waals surface area contributed by atoms with Gasteiger partial charge in [0.15, 0.2) is 0 Å². The van der Waals surface area contributed by atoms with Crippen LogP contribution in [0.3, 0.4) is 0 Å². The van der Waals surface area contributed by atoms with Crippen LogP contribution in [0.15, 0.2) is 30.4 Å². The second-order valence-corrected chi connectivity index (χ2v) is 5.37. The van der Waals surface area contributed by atoms with Gasteiger partial charge in [-0.1, -0.05) is 29.8 Å². The number of halogens is 1. The molecule has 106 valence electrons. The van der Waals surface area contributed by atoms with Crippen molar-refractivity contribution in [1.82, 2.24) is 0 Å². The Morgan fingerprint density at radius 1 is 1.25 bits per heavy atom. The number of amides is 1. The molecule has 2 N–H and O–H groups in total. The van der Waals surface area contributed by atoms with Gasteiger partial charge in [-0.3, -0.25) is 9.59 Å². The van der Waals surface area contributed by atoms with Crippen LogP contribution in [0.4, 0.5) is 5.69 Å². The van der Waals surface area contributed by atoms with Crippen LogP contribution in [-0.4, -0.2) is 17.0 Å². The number of aliphatic carboxylic acids is 1. The van der Waals surface area contributed by atoms with Gasteiger partial charge < -0.3 is 10.4 Å². The van der Waals surface area contributed by atoms with Crippen LogP contribution in [0.5, 0.6) is 0 Å². The van der Waals surface area contributed by atoms with Crippen molar-refractivity contribution in [3.63, 3.8) is 0 Å². The maximum Gasteiger partial charge on any atom is 0.307 e. The zero-order chi connectivity index (χ0) is 14.7. The number of carbonyl (C=O) groups is 2. The fourth-order valence-electron chi connectivity index (χ4n) is 2.32. The van der Waals surface area contributed by atoms with Gasteiger partial charge >= 0.3 is 5.97 Å². The SMILES string of the molecule is Cc1ccc(NC(=O)[C@H]2CC=CC[C@@H]2C(=O)O)c(Cl)c1. The van der Waals surface area contributed by atoms with Crippen LogP contribution in [0, 0.1) is 18.8 Å². The highest BCUT2D eigenvalue weighted by Gasteiger charge is 2.34. The molecule has 5 heteroatoms. The quantitative estimate of drug-likeness (QED) is 0.841. The van der Waals surface area contributed by atoms with E-state index in [0.717, 1.165) is 5.56 Å². The summed E-state index contributed by atoms with van der Waals surface area (Å²) in [6, 6.07) is 5.33. The van der Waals surface area contributed by atoms with Crippen molar-refractivity contribution in [1.29, 1.82) is 0 Å². The fourth-order valence-corrected chi connectivity index (χ4v) is 2.61. The molecule has 0 aliphatic heterocycles. The number of anilines is 1. The average Bonchev–Trinajstić information content (AvgIpc) is 2.41. The lowest BCUT2D eigenvalue weighted by atomic mass is 9.82. The summed E-state index contributed by atoms with van der Waals surface area (Å²) in [5.41, 5.74) is 1.51. The molecule has 1 aliphatic carbocycles. The number of carboxylic acids is 1. The first kappa shape index (κ1) is 14.6. The van der Waals surface area contributed by atoms with Gasteiger partial charge in [-0.15, -0.1) is 0 Å². The fraction of sp³-hybridized carbons (Fsp3) is 0.333. The predicted octanol–water partition coefficient (Wildman–Crippen LogP) is 3.25. The van der Waals surface area contributed by atoms with Crippen LogP contribution in [0.25, 0.3) is 0 Å². The van der Waals surface area contributed by atoms with Gasteiger partial charge in [0, 0.05) is 0 Å². The van der Waals surface area contributed by atoms with Gasteiger partial charge in [0.05, 0.1) is 22.5 Å². The second kappa shape index (κ2) is 6.09. The van der Waals surface area contributed by atoms with Crippen molar-refractivity contribution in [2.45, 2.75) is 19.8 Å². The van der Waals surface area contributed by atoms with Gasteiger partial charge in [0.2, 0.25) is 5.91 Å². The van der Waals surface area contributed by atoms with E-state index in [4.69, 9.17) is 11.6 Å². The minimum atomic E-state index is -0.940. The van der Waals surface area contributed by atoms with E-state index >= 15 is 0 Å². The van der Waals surface area contributed by atoms with Gasteiger partial charge in [-0.2, -0.15) is 0 Å². The Bertz CT molecular complexity index is 568. The number of hydrogen-bond donors (Lipinski definition) is 2. The van der Waals surface area contributed by atoms with Crippen LogP contribution < -0.4 is 5.32 Å². The zero-order valence-corrected chi connectivity index (χ0v) is 11.9. The number of rotatable bonds is 3. The second-order valence-electron chi connectivity index (χ2n) is 4.97. The summed E-state index contributed by atoms with van der Waals surface area (Å²) in [6.07, 6.45) is 4.48. The molecule has 0 radical (unpaired) electrons. The van der Waals surface area contributed by atoms with Crippen LogP contribution in [-0.2, 0) is 9.59 Å². The lowest BCUT2D eigenvalue weighted by molar-refractivity contribution is -0.146. The van der Waals surface area contributed by atoms with E-state index in [1.165, 1.54) is 0 Å². The summed E-state index contributed by atoms with van der Waals surface area (Å²) >= 11 is 6.07. The van der Waals surface area contributed by atoms with Crippen molar-refractivity contribution in [2.75, 3.05) is 5.32 Å². The molecule has 0 fully saturated rings. The standard InChI is InChI=1S/C15H16ClNO3/c1-9-6-7-13(12(16)8-9)17-14(18)10-4-2-3-5-11(10)15(19)20/h2-3,6-8,10-11H,4-5H2,1H3,(H,17,18)(H,19,20)/t10-,11-/m0/s1. The molecule has 1 aromatic rings. The molecular formula is C15H16ClNO3. The number of aryl methyl sites for hydroxylation is 1. The minimum absolute atomic E-state index is 0.299. The van der Waals surface area contributed by atoms with Gasteiger partial charge in [0.25, 0.3) is 0 Å². The maximum atomic E-state index is 12.3. The first-order valence-corrected chi connectivity index (χ1v) is 6.81. The normalized spacial score (nSPS) is 21.5. The van der Waals surface area contributed by atoms with Gasteiger partial charge in [0.1, 0.15) is 0 Å². The molecule has 1 aliphatic rings. The number of carbonyl (C=O) groups excluding carboxylic acids is 1. The molecule has 0 heterocycles. The van der Waals surface area contributed by atoms with Crippen LogP contribution in [0.2, 0.25) is 5.02 Å². The summed E-state index contributed by atoms with van der Waals surface area (Å²) in [7, 11) is 0. The first-order chi connectivity index (χ1) is 9.49. The van der Waals surface area contributed by atoms with Crippen molar-refractivity contribution in [2.24, 2.45) is 11.8 Å². The predicted molar refractivity (Wildman–Crippen MR) is 77.8 cm³/mol. The van der Waals surface area contributed by atoms with Crippen LogP contribution in [0.1, 0.15) is 18.4 Å². The lowest BCUT2D eigenvalue weighted by Gasteiger charge is -2.24. The number of nitrogens with one attached hydrogen (secondary N) is 1. The minimum Gasteiger partial charge on any atom is -0.481 e. The highest BCUT2D eigenvalue weighted by molar-refractivity contribution is 6.33. The molecule has 1 aromatic carbocycles. The average molecular weight is 294 g/mol. The molecule has 0 bridgehead atoms. The molecule has 0 saturated carbocycles. The molecule has 2 rings (SSSR count). The first-order valence-electron chi connectivity index (χ1n) is 6.44. The van der Waals surface area contributed by atoms with Crippen LogP contribution >= 0.6 is 11.6 Å². The molecule has 0 saturated heterocycles. The number of benzene rings is 1. The third-order valence-electron chi connectivity index (χ3n) is 3.47. The summed E-state index contributed by atoms with van der Waals surface area (Å²) in [4.78, 5) is 23.4. The zero-order valence-electron chi connectivity index (χ0n) is 11.1. The largest absolute Gasteiger partial charge is 0.481 e. The smallest absolute Gasteiger partial charge is 0.307 e. The van der Waals surface area contributed by atoms with Gasteiger partial charge in [-0.05, 0) is 37.5 Å². The monoisotopic (exact) mass is 293 g/mol. The Morgan fingerprint density at radius 2 is 1.90 bits per heavy atom.